The van der Waals surface area contributed by atoms with E-state index in [0.717, 1.165) is 0 Å². The van der Waals surface area contributed by atoms with Crippen LogP contribution in [0.1, 0.15) is 45.6 Å². The molecule has 0 aliphatic carbocycles. The number of ether oxygens (including phenoxy) is 1. The third kappa shape index (κ3) is 6.28. The third-order valence-electron chi connectivity index (χ3n) is 4.02. The summed E-state index contributed by atoms with van der Waals surface area (Å²) in [7, 11) is 0. The summed E-state index contributed by atoms with van der Waals surface area (Å²) < 4.78 is 44.5. The molecule has 1 amide bonds. The van der Waals surface area contributed by atoms with Gasteiger partial charge in [0.2, 0.25) is 0 Å². The summed E-state index contributed by atoms with van der Waals surface area (Å²) >= 11 is 0. The molecule has 1 atom stereocenters. The lowest BCUT2D eigenvalue weighted by Crippen LogP contribution is -2.35. The Bertz CT molecular complexity index is 816. The lowest BCUT2D eigenvalue weighted by atomic mass is 9.94. The molecule has 28 heavy (non-hydrogen) atoms. The molecule has 0 saturated carbocycles. The van der Waals surface area contributed by atoms with Crippen LogP contribution >= 0.6 is 0 Å². The number of nitrogens with one attached hydrogen (secondary N) is 2. The number of aromatic nitrogens is 1. The van der Waals surface area contributed by atoms with Gasteiger partial charge in [-0.3, -0.25) is 0 Å². The van der Waals surface area contributed by atoms with Crippen molar-refractivity contribution in [3.05, 3.63) is 35.9 Å². The maximum atomic E-state index is 13.1. The zero-order chi connectivity index (χ0) is 20.9. The van der Waals surface area contributed by atoms with E-state index >= 15 is 0 Å². The van der Waals surface area contributed by atoms with Crippen molar-refractivity contribution < 1.29 is 22.7 Å². The fourth-order valence-corrected chi connectivity index (χ4v) is 2.78. The molecule has 0 saturated heterocycles. The molecule has 0 bridgehead atoms. The maximum absolute atomic E-state index is 13.1. The lowest BCUT2D eigenvalue weighted by molar-refractivity contribution is -0.151. The molecule has 0 radical (unpaired) electrons. The van der Waals surface area contributed by atoms with Gasteiger partial charge in [-0.15, -0.1) is 0 Å². The van der Waals surface area contributed by atoms with E-state index in [1.807, 2.05) is 0 Å². The lowest BCUT2D eigenvalue weighted by Gasteiger charge is -2.20. The number of amides is 1. The van der Waals surface area contributed by atoms with Crippen LogP contribution in [0.25, 0.3) is 10.9 Å². The van der Waals surface area contributed by atoms with Crippen molar-refractivity contribution in [2.45, 2.75) is 51.8 Å². The first kappa shape index (κ1) is 21.8. The minimum atomic E-state index is -4.27. The fraction of sp³-hybridized carbons (Fsp3) is 0.500. The number of nitrogens with zero attached hydrogens (tertiary/aromatic N) is 1. The van der Waals surface area contributed by atoms with Crippen molar-refractivity contribution in [2.24, 2.45) is 0 Å². The number of carbonyl (C=O) groups is 1. The predicted molar refractivity (Wildman–Crippen MR) is 104 cm³/mol. The van der Waals surface area contributed by atoms with Crippen LogP contribution in [0.2, 0.25) is 0 Å². The van der Waals surface area contributed by atoms with Crippen LogP contribution in [-0.2, 0) is 4.74 Å². The number of anilines is 1. The summed E-state index contributed by atoms with van der Waals surface area (Å²) in [4.78, 5) is 16.0. The first-order valence-corrected chi connectivity index (χ1v) is 9.18. The summed E-state index contributed by atoms with van der Waals surface area (Å²) in [6.45, 7) is 7.66. The van der Waals surface area contributed by atoms with Gasteiger partial charge >= 0.3 is 12.3 Å². The molecular formula is C20H26F3N3O2. The van der Waals surface area contributed by atoms with Crippen LogP contribution in [0.4, 0.5) is 23.8 Å². The highest BCUT2D eigenvalue weighted by Crippen LogP contribution is 2.38. The molecule has 2 aromatic rings. The first-order valence-electron chi connectivity index (χ1n) is 9.18. The van der Waals surface area contributed by atoms with Gasteiger partial charge in [0, 0.05) is 18.5 Å². The van der Waals surface area contributed by atoms with Crippen molar-refractivity contribution in [2.75, 3.05) is 18.4 Å². The highest BCUT2D eigenvalue weighted by atomic mass is 19.4. The summed E-state index contributed by atoms with van der Waals surface area (Å²) in [6, 6.07) is 8.05. The molecule has 1 unspecified atom stereocenters. The summed E-state index contributed by atoms with van der Waals surface area (Å²) in [5.41, 5.74) is 0.288. The van der Waals surface area contributed by atoms with Gasteiger partial charge in [-0.2, -0.15) is 13.2 Å². The van der Waals surface area contributed by atoms with Crippen LogP contribution in [0.5, 0.6) is 0 Å². The zero-order valence-corrected chi connectivity index (χ0v) is 16.5. The molecule has 0 aliphatic heterocycles. The molecule has 1 heterocycles. The van der Waals surface area contributed by atoms with Gasteiger partial charge in [0.05, 0.1) is 11.4 Å². The molecule has 0 aliphatic rings. The number of alkyl halides is 3. The molecule has 5 nitrogen and oxygen atoms in total. The molecule has 2 rings (SSSR count). The second-order valence-electron chi connectivity index (χ2n) is 7.51. The molecule has 2 N–H and O–H groups in total. The number of carbonyl (C=O) groups excluding carboxylic acids is 1. The number of hydrogen-bond acceptors (Lipinski definition) is 4. The van der Waals surface area contributed by atoms with Crippen LogP contribution in [0.15, 0.2) is 30.3 Å². The van der Waals surface area contributed by atoms with E-state index in [9.17, 15) is 18.0 Å². The van der Waals surface area contributed by atoms with Gasteiger partial charge < -0.3 is 15.4 Å². The van der Waals surface area contributed by atoms with Gasteiger partial charge in [0.15, 0.2) is 0 Å². The van der Waals surface area contributed by atoms with Crippen molar-refractivity contribution in [1.82, 2.24) is 10.3 Å². The Morgan fingerprint density at radius 2 is 1.86 bits per heavy atom. The number of benzene rings is 1. The van der Waals surface area contributed by atoms with Crippen LogP contribution in [0, 0.1) is 0 Å². The Morgan fingerprint density at radius 1 is 1.14 bits per heavy atom. The number of rotatable bonds is 6. The Kier molecular flexibility index (Phi) is 6.74. The fourth-order valence-electron chi connectivity index (χ4n) is 2.78. The van der Waals surface area contributed by atoms with Crippen LogP contribution < -0.4 is 10.6 Å². The van der Waals surface area contributed by atoms with Gasteiger partial charge in [0.25, 0.3) is 0 Å². The van der Waals surface area contributed by atoms with Gasteiger partial charge in [0.1, 0.15) is 11.4 Å². The second-order valence-corrected chi connectivity index (χ2v) is 7.51. The highest BCUT2D eigenvalue weighted by Gasteiger charge is 2.39. The number of halogens is 3. The van der Waals surface area contributed by atoms with E-state index in [4.69, 9.17) is 4.74 Å². The number of fused-ring (bicyclic) bond motifs is 1. The summed E-state index contributed by atoms with van der Waals surface area (Å²) in [5, 5.41) is 6.35. The molecule has 154 valence electrons. The van der Waals surface area contributed by atoms with Gasteiger partial charge in [-0.1, -0.05) is 13.0 Å². The van der Waals surface area contributed by atoms with Crippen LogP contribution in [0.3, 0.4) is 0 Å². The zero-order valence-electron chi connectivity index (χ0n) is 16.5. The van der Waals surface area contributed by atoms with Crippen LogP contribution in [-0.4, -0.2) is 35.9 Å². The average molecular weight is 397 g/mol. The summed E-state index contributed by atoms with van der Waals surface area (Å²) in [6.07, 6.45) is -4.77. The Morgan fingerprint density at radius 3 is 2.46 bits per heavy atom. The molecular weight excluding hydrogens is 371 g/mol. The van der Waals surface area contributed by atoms with E-state index in [2.05, 4.69) is 15.6 Å². The van der Waals surface area contributed by atoms with Crippen molar-refractivity contribution in [3.63, 3.8) is 0 Å². The van der Waals surface area contributed by atoms with E-state index in [1.54, 1.807) is 39.0 Å². The SMILES string of the molecule is CCC(c1ccc2nc(NCCNC(=O)OC(C)(C)C)ccc2c1)C(F)(F)F. The first-order chi connectivity index (χ1) is 13.0. The number of hydrogen-bond donors (Lipinski definition) is 2. The minimum Gasteiger partial charge on any atom is -0.444 e. The van der Waals surface area contributed by atoms with Crippen molar-refractivity contribution >= 4 is 22.8 Å². The quantitative estimate of drug-likeness (QED) is 0.656. The maximum Gasteiger partial charge on any atom is 0.407 e. The Balaban J connectivity index is 1.97. The normalized spacial score (nSPS) is 13.2. The highest BCUT2D eigenvalue weighted by molar-refractivity contribution is 5.81. The van der Waals surface area contributed by atoms with E-state index in [-0.39, 0.29) is 12.0 Å². The molecule has 8 heteroatoms. The Hall–Kier alpha value is -2.51. The van der Waals surface area contributed by atoms with Gasteiger partial charge in [-0.05, 0) is 57.0 Å². The average Bonchev–Trinajstić information content (AvgIpc) is 2.56. The van der Waals surface area contributed by atoms with E-state index in [0.29, 0.717) is 29.8 Å². The van der Waals surface area contributed by atoms with Gasteiger partial charge in [-0.25, -0.2) is 9.78 Å². The van der Waals surface area contributed by atoms with Crippen molar-refractivity contribution in [1.29, 1.82) is 0 Å². The predicted octanol–water partition coefficient (Wildman–Crippen LogP) is 5.23. The number of pyridine rings is 1. The second kappa shape index (κ2) is 8.67. The van der Waals surface area contributed by atoms with E-state index in [1.165, 1.54) is 19.1 Å². The summed E-state index contributed by atoms with van der Waals surface area (Å²) in [5.74, 6) is -0.900. The topological polar surface area (TPSA) is 63.2 Å². The minimum absolute atomic E-state index is 0.00722. The standard InChI is InChI=1S/C20H26F3N3O2/c1-5-15(20(21,22)23)13-6-8-16-14(12-13)7-9-17(26-16)24-10-11-25-18(27)28-19(2,3)4/h6-9,12,15H,5,10-11H2,1-4H3,(H,24,26)(H,25,27). The van der Waals surface area contributed by atoms with Crippen molar-refractivity contribution in [3.8, 4) is 0 Å². The monoisotopic (exact) mass is 397 g/mol. The largest absolute Gasteiger partial charge is 0.444 e. The molecule has 0 spiro atoms. The smallest absolute Gasteiger partial charge is 0.407 e. The Labute approximate surface area is 162 Å². The molecule has 1 aromatic heterocycles. The molecule has 1 aromatic carbocycles. The number of alkyl carbamates (subject to hydrolysis) is 1. The van der Waals surface area contributed by atoms with E-state index < -0.39 is 23.8 Å². The third-order valence-corrected chi connectivity index (χ3v) is 4.02. The molecule has 0 fully saturated rings.